The molecule has 0 aliphatic rings. The first kappa shape index (κ1) is 9.64. The van der Waals surface area contributed by atoms with Crippen molar-refractivity contribution in [3.8, 4) is 0 Å². The van der Waals surface area contributed by atoms with Crippen LogP contribution in [-0.2, 0) is 18.0 Å². The largest absolute Gasteiger partial charge is 0.391 e. The van der Waals surface area contributed by atoms with Crippen LogP contribution in [0.5, 0.6) is 0 Å². The molecule has 1 heterocycles. The van der Waals surface area contributed by atoms with E-state index in [1.54, 1.807) is 0 Å². The lowest BCUT2D eigenvalue weighted by Gasteiger charge is -2.00. The molecule has 0 aliphatic carbocycles. The molecular weight excluding hydrogens is 192 g/mol. The molecule has 1 aromatic carbocycles. The molecule has 2 rings (SSSR count). The lowest BCUT2D eigenvalue weighted by atomic mass is 10.2. The molecule has 0 N–H and O–H groups in total. The van der Waals surface area contributed by atoms with Crippen molar-refractivity contribution >= 4 is 17.8 Å². The van der Waals surface area contributed by atoms with Gasteiger partial charge in [-0.1, -0.05) is 17.3 Å². The zero-order valence-corrected chi connectivity index (χ0v) is 8.55. The van der Waals surface area contributed by atoms with E-state index in [0.29, 0.717) is 6.61 Å². The number of hydrogen-bond donors (Lipinski definition) is 0. The Labute approximate surface area is 87.3 Å². The number of nitrogens with zero attached hydrogens (tertiary/aromatic N) is 4. The Balaban J connectivity index is 2.47. The average molecular weight is 204 g/mol. The Morgan fingerprint density at radius 1 is 1.53 bits per heavy atom. The number of oxime groups is 1. The second-order valence-corrected chi connectivity index (χ2v) is 3.09. The number of aromatic nitrogens is 3. The summed E-state index contributed by atoms with van der Waals surface area (Å²) in [6.07, 6.45) is 0. The number of benzene rings is 1. The Kier molecular flexibility index (Phi) is 2.62. The Hall–Kier alpha value is -1.91. The van der Waals surface area contributed by atoms with E-state index < -0.39 is 0 Å². The first-order valence-electron chi connectivity index (χ1n) is 4.76. The van der Waals surface area contributed by atoms with Gasteiger partial charge in [0.2, 0.25) is 0 Å². The highest BCUT2D eigenvalue weighted by molar-refractivity contribution is 5.77. The summed E-state index contributed by atoms with van der Waals surface area (Å²) in [5, 5.41) is 11.5. The van der Waals surface area contributed by atoms with Crippen LogP contribution in [0.2, 0.25) is 0 Å². The number of fused-ring (bicyclic) bond motifs is 1. The molecule has 0 unspecified atom stereocenters. The van der Waals surface area contributed by atoms with Gasteiger partial charge in [0.05, 0.1) is 5.52 Å². The zero-order chi connectivity index (χ0) is 10.7. The van der Waals surface area contributed by atoms with Crippen LogP contribution in [0.15, 0.2) is 23.4 Å². The summed E-state index contributed by atoms with van der Waals surface area (Å²) < 4.78 is 1.85. The van der Waals surface area contributed by atoms with Crippen molar-refractivity contribution in [1.29, 1.82) is 0 Å². The zero-order valence-electron chi connectivity index (χ0n) is 8.55. The molecule has 5 nitrogen and oxygen atoms in total. The fourth-order valence-corrected chi connectivity index (χ4v) is 1.51. The van der Waals surface area contributed by atoms with Crippen molar-refractivity contribution in [3.63, 3.8) is 0 Å². The summed E-state index contributed by atoms with van der Waals surface area (Å²) in [5.74, 6) is 0. The standard InChI is InChI=1S/C10H12N4O/c1-3-14-9-6-4-5-8(7-15-11-2)10(9)12-13-14/h4-6H,2-3,7H2,1H3. The van der Waals surface area contributed by atoms with Gasteiger partial charge in [-0.15, -0.1) is 10.3 Å². The van der Waals surface area contributed by atoms with Gasteiger partial charge in [0.25, 0.3) is 0 Å². The Morgan fingerprint density at radius 3 is 3.13 bits per heavy atom. The summed E-state index contributed by atoms with van der Waals surface area (Å²) in [6.45, 7) is 6.48. The molecule has 0 atom stereocenters. The van der Waals surface area contributed by atoms with E-state index in [-0.39, 0.29) is 0 Å². The first-order valence-corrected chi connectivity index (χ1v) is 4.76. The molecule has 0 bridgehead atoms. The minimum absolute atomic E-state index is 0.378. The minimum atomic E-state index is 0.378. The third-order valence-electron chi connectivity index (χ3n) is 2.24. The van der Waals surface area contributed by atoms with Gasteiger partial charge in [-0.05, 0) is 13.0 Å². The molecule has 5 heteroatoms. The second-order valence-electron chi connectivity index (χ2n) is 3.09. The summed E-state index contributed by atoms with van der Waals surface area (Å²) in [5.41, 5.74) is 2.85. The second kappa shape index (κ2) is 4.08. The SMILES string of the molecule is C=NOCc1cccc2c1nnn2CC. The molecule has 0 radical (unpaired) electrons. The number of rotatable bonds is 4. The predicted molar refractivity (Wildman–Crippen MR) is 57.5 cm³/mol. The van der Waals surface area contributed by atoms with Gasteiger partial charge < -0.3 is 4.84 Å². The summed E-state index contributed by atoms with van der Waals surface area (Å²) in [7, 11) is 0. The third kappa shape index (κ3) is 1.68. The van der Waals surface area contributed by atoms with Crippen LogP contribution in [0, 0.1) is 0 Å². The van der Waals surface area contributed by atoms with Crippen molar-refractivity contribution in [2.45, 2.75) is 20.1 Å². The van der Waals surface area contributed by atoms with Gasteiger partial charge in [-0.25, -0.2) is 4.68 Å². The van der Waals surface area contributed by atoms with Gasteiger partial charge in [-0.3, -0.25) is 0 Å². The summed E-state index contributed by atoms with van der Waals surface area (Å²) >= 11 is 0. The number of aryl methyl sites for hydroxylation is 1. The lowest BCUT2D eigenvalue weighted by molar-refractivity contribution is 0.134. The quantitative estimate of drug-likeness (QED) is 0.561. The van der Waals surface area contributed by atoms with Crippen LogP contribution in [0.1, 0.15) is 12.5 Å². The van der Waals surface area contributed by atoms with Crippen LogP contribution in [-0.4, -0.2) is 21.7 Å². The van der Waals surface area contributed by atoms with Gasteiger partial charge in [0.1, 0.15) is 12.1 Å². The molecule has 0 fully saturated rings. The molecule has 1 aromatic heterocycles. The highest BCUT2D eigenvalue weighted by atomic mass is 16.6. The van der Waals surface area contributed by atoms with Crippen LogP contribution < -0.4 is 0 Å². The first-order chi connectivity index (χ1) is 7.36. The van der Waals surface area contributed by atoms with Crippen molar-refractivity contribution in [2.75, 3.05) is 0 Å². The molecule has 0 spiro atoms. The van der Waals surface area contributed by atoms with E-state index in [2.05, 4.69) is 22.2 Å². The molecule has 0 aliphatic heterocycles. The topological polar surface area (TPSA) is 52.3 Å². The van der Waals surface area contributed by atoms with Crippen LogP contribution in [0.4, 0.5) is 0 Å². The summed E-state index contributed by atoms with van der Waals surface area (Å²) in [4.78, 5) is 4.91. The van der Waals surface area contributed by atoms with E-state index >= 15 is 0 Å². The lowest BCUT2D eigenvalue weighted by Crippen LogP contribution is -1.95. The van der Waals surface area contributed by atoms with Crippen LogP contribution >= 0.6 is 0 Å². The monoisotopic (exact) mass is 204 g/mol. The maximum Gasteiger partial charge on any atom is 0.144 e. The van der Waals surface area contributed by atoms with Gasteiger partial charge in [-0.2, -0.15) is 0 Å². The molecule has 0 saturated carbocycles. The van der Waals surface area contributed by atoms with E-state index in [4.69, 9.17) is 4.84 Å². The molecule has 0 amide bonds. The molecular formula is C10H12N4O. The highest BCUT2D eigenvalue weighted by Gasteiger charge is 2.07. The van der Waals surface area contributed by atoms with E-state index in [1.165, 1.54) is 0 Å². The maximum atomic E-state index is 4.91. The van der Waals surface area contributed by atoms with Crippen LogP contribution in [0.25, 0.3) is 11.0 Å². The third-order valence-corrected chi connectivity index (χ3v) is 2.24. The predicted octanol–water partition coefficient (Wildman–Crippen LogP) is 1.58. The smallest absolute Gasteiger partial charge is 0.144 e. The highest BCUT2D eigenvalue weighted by Crippen LogP contribution is 2.16. The summed E-state index contributed by atoms with van der Waals surface area (Å²) in [6, 6.07) is 5.89. The molecule has 0 saturated heterocycles. The van der Waals surface area contributed by atoms with E-state index in [0.717, 1.165) is 23.1 Å². The normalized spacial score (nSPS) is 10.5. The van der Waals surface area contributed by atoms with Gasteiger partial charge in [0, 0.05) is 18.8 Å². The maximum absolute atomic E-state index is 4.91. The fourth-order valence-electron chi connectivity index (χ4n) is 1.51. The van der Waals surface area contributed by atoms with Crippen molar-refractivity contribution in [3.05, 3.63) is 23.8 Å². The van der Waals surface area contributed by atoms with Gasteiger partial charge >= 0.3 is 0 Å². The Bertz CT molecular complexity index is 477. The fraction of sp³-hybridized carbons (Fsp3) is 0.300. The van der Waals surface area contributed by atoms with Crippen LogP contribution in [0.3, 0.4) is 0 Å². The van der Waals surface area contributed by atoms with Gasteiger partial charge in [0.15, 0.2) is 0 Å². The van der Waals surface area contributed by atoms with Crippen molar-refractivity contribution in [2.24, 2.45) is 5.16 Å². The Morgan fingerprint density at radius 2 is 2.40 bits per heavy atom. The average Bonchev–Trinajstić information content (AvgIpc) is 2.69. The molecule has 2 aromatic rings. The van der Waals surface area contributed by atoms with Crippen molar-refractivity contribution < 1.29 is 4.84 Å². The van der Waals surface area contributed by atoms with E-state index in [1.807, 2.05) is 29.8 Å². The molecule has 78 valence electrons. The minimum Gasteiger partial charge on any atom is -0.391 e. The van der Waals surface area contributed by atoms with Crippen molar-refractivity contribution in [1.82, 2.24) is 15.0 Å². The van der Waals surface area contributed by atoms with E-state index in [9.17, 15) is 0 Å². The number of hydrogen-bond acceptors (Lipinski definition) is 4. The molecule has 15 heavy (non-hydrogen) atoms.